The van der Waals surface area contributed by atoms with Crippen LogP contribution in [0.3, 0.4) is 0 Å². The SMILES string of the molecule is CC(C)CC(N)C(=O)NCC1CCSCC1. The minimum absolute atomic E-state index is 0.0203. The lowest BCUT2D eigenvalue weighted by Gasteiger charge is -2.22. The molecule has 1 saturated heterocycles. The highest BCUT2D eigenvalue weighted by molar-refractivity contribution is 7.99. The molecule has 1 rings (SSSR count). The van der Waals surface area contributed by atoms with Crippen LogP contribution in [0.1, 0.15) is 33.1 Å². The van der Waals surface area contributed by atoms with Crippen LogP contribution in [-0.4, -0.2) is 30.0 Å². The lowest BCUT2D eigenvalue weighted by atomic mass is 10.0. The average molecular weight is 244 g/mol. The monoisotopic (exact) mass is 244 g/mol. The van der Waals surface area contributed by atoms with Gasteiger partial charge in [0.25, 0.3) is 0 Å². The van der Waals surface area contributed by atoms with Gasteiger partial charge >= 0.3 is 0 Å². The zero-order valence-corrected chi connectivity index (χ0v) is 11.2. The molecule has 0 bridgehead atoms. The van der Waals surface area contributed by atoms with E-state index in [2.05, 4.69) is 19.2 Å². The second kappa shape index (κ2) is 7.17. The van der Waals surface area contributed by atoms with Crippen molar-refractivity contribution < 1.29 is 4.79 Å². The maximum Gasteiger partial charge on any atom is 0.236 e. The number of thioether (sulfide) groups is 1. The van der Waals surface area contributed by atoms with Gasteiger partial charge in [-0.1, -0.05) is 13.8 Å². The third-order valence-electron chi connectivity index (χ3n) is 2.97. The molecule has 1 aliphatic heterocycles. The van der Waals surface area contributed by atoms with E-state index in [1.165, 1.54) is 24.3 Å². The first-order valence-electron chi connectivity index (χ1n) is 6.20. The Labute approximate surface area is 103 Å². The molecule has 1 heterocycles. The van der Waals surface area contributed by atoms with Gasteiger partial charge in [-0.3, -0.25) is 4.79 Å². The summed E-state index contributed by atoms with van der Waals surface area (Å²) >= 11 is 2.01. The second-order valence-electron chi connectivity index (χ2n) is 5.04. The van der Waals surface area contributed by atoms with Crippen molar-refractivity contribution in [3.63, 3.8) is 0 Å². The Bertz CT molecular complexity index is 215. The summed E-state index contributed by atoms with van der Waals surface area (Å²) in [5.41, 5.74) is 5.82. The molecule has 3 N–H and O–H groups in total. The highest BCUT2D eigenvalue weighted by atomic mass is 32.2. The molecule has 4 heteroatoms. The lowest BCUT2D eigenvalue weighted by Crippen LogP contribution is -2.43. The predicted octanol–water partition coefficient (Wildman–Crippen LogP) is 1.62. The van der Waals surface area contributed by atoms with Crippen LogP contribution >= 0.6 is 11.8 Å². The van der Waals surface area contributed by atoms with Crippen molar-refractivity contribution in [1.82, 2.24) is 5.32 Å². The van der Waals surface area contributed by atoms with E-state index >= 15 is 0 Å². The molecule has 1 atom stereocenters. The molecular weight excluding hydrogens is 220 g/mol. The van der Waals surface area contributed by atoms with E-state index in [0.29, 0.717) is 11.8 Å². The number of rotatable bonds is 5. The Kier molecular flexibility index (Phi) is 6.21. The van der Waals surface area contributed by atoms with Gasteiger partial charge in [-0.05, 0) is 42.6 Å². The third kappa shape index (κ3) is 5.21. The third-order valence-corrected chi connectivity index (χ3v) is 4.02. The number of carbonyl (C=O) groups is 1. The summed E-state index contributed by atoms with van der Waals surface area (Å²) in [5.74, 6) is 3.63. The van der Waals surface area contributed by atoms with E-state index in [0.717, 1.165) is 13.0 Å². The van der Waals surface area contributed by atoms with Crippen LogP contribution in [0, 0.1) is 11.8 Å². The van der Waals surface area contributed by atoms with Gasteiger partial charge in [0.2, 0.25) is 5.91 Å². The smallest absolute Gasteiger partial charge is 0.236 e. The van der Waals surface area contributed by atoms with E-state index in [-0.39, 0.29) is 11.9 Å². The summed E-state index contributed by atoms with van der Waals surface area (Å²) in [6.45, 7) is 4.99. The standard InChI is InChI=1S/C12H24N2OS/c1-9(2)7-11(13)12(15)14-8-10-3-5-16-6-4-10/h9-11H,3-8,13H2,1-2H3,(H,14,15). The van der Waals surface area contributed by atoms with Gasteiger partial charge in [0, 0.05) is 6.54 Å². The Morgan fingerprint density at radius 3 is 2.62 bits per heavy atom. The molecular formula is C12H24N2OS. The molecule has 0 spiro atoms. The molecule has 1 amide bonds. The maximum absolute atomic E-state index is 11.7. The molecule has 1 unspecified atom stereocenters. The summed E-state index contributed by atoms with van der Waals surface area (Å²) in [4.78, 5) is 11.7. The molecule has 0 aromatic carbocycles. The quantitative estimate of drug-likeness (QED) is 0.772. The Balaban J connectivity index is 2.17. The van der Waals surface area contributed by atoms with E-state index in [4.69, 9.17) is 5.73 Å². The Hall–Kier alpha value is -0.220. The van der Waals surface area contributed by atoms with Crippen LogP contribution in [0.15, 0.2) is 0 Å². The topological polar surface area (TPSA) is 55.1 Å². The lowest BCUT2D eigenvalue weighted by molar-refractivity contribution is -0.122. The summed E-state index contributed by atoms with van der Waals surface area (Å²) in [5, 5.41) is 2.98. The fourth-order valence-electron chi connectivity index (χ4n) is 1.94. The van der Waals surface area contributed by atoms with E-state index in [1.807, 2.05) is 11.8 Å². The fourth-order valence-corrected chi connectivity index (χ4v) is 3.15. The highest BCUT2D eigenvalue weighted by Crippen LogP contribution is 2.21. The average Bonchev–Trinajstić information content (AvgIpc) is 2.26. The molecule has 94 valence electrons. The minimum atomic E-state index is -0.335. The van der Waals surface area contributed by atoms with Gasteiger partial charge in [-0.25, -0.2) is 0 Å². The summed E-state index contributed by atoms with van der Waals surface area (Å²) in [7, 11) is 0. The Morgan fingerprint density at radius 2 is 2.06 bits per heavy atom. The second-order valence-corrected chi connectivity index (χ2v) is 6.26. The van der Waals surface area contributed by atoms with Crippen LogP contribution in [0.4, 0.5) is 0 Å². The first-order chi connectivity index (χ1) is 7.59. The van der Waals surface area contributed by atoms with Crippen molar-refractivity contribution >= 4 is 17.7 Å². The summed E-state index contributed by atoms with van der Waals surface area (Å²) < 4.78 is 0. The van der Waals surface area contributed by atoms with Crippen molar-refractivity contribution in [2.75, 3.05) is 18.1 Å². The number of amides is 1. The molecule has 16 heavy (non-hydrogen) atoms. The number of hydrogen-bond acceptors (Lipinski definition) is 3. The van der Waals surface area contributed by atoms with Crippen molar-refractivity contribution in [2.24, 2.45) is 17.6 Å². The van der Waals surface area contributed by atoms with Crippen molar-refractivity contribution in [3.8, 4) is 0 Å². The van der Waals surface area contributed by atoms with Gasteiger partial charge in [0.15, 0.2) is 0 Å². The largest absolute Gasteiger partial charge is 0.354 e. The summed E-state index contributed by atoms with van der Waals surface area (Å²) in [6.07, 6.45) is 3.22. The molecule has 1 fully saturated rings. The minimum Gasteiger partial charge on any atom is -0.354 e. The van der Waals surface area contributed by atoms with Gasteiger partial charge in [0.1, 0.15) is 0 Å². The highest BCUT2D eigenvalue weighted by Gasteiger charge is 2.18. The summed E-state index contributed by atoms with van der Waals surface area (Å²) in [6, 6.07) is -0.335. The van der Waals surface area contributed by atoms with Crippen molar-refractivity contribution in [2.45, 2.75) is 39.2 Å². The number of carbonyl (C=O) groups excluding carboxylic acids is 1. The van der Waals surface area contributed by atoms with Crippen LogP contribution in [-0.2, 0) is 4.79 Å². The van der Waals surface area contributed by atoms with E-state index < -0.39 is 0 Å². The van der Waals surface area contributed by atoms with Crippen LogP contribution in [0.5, 0.6) is 0 Å². The Morgan fingerprint density at radius 1 is 1.44 bits per heavy atom. The van der Waals surface area contributed by atoms with Gasteiger partial charge in [-0.15, -0.1) is 0 Å². The zero-order chi connectivity index (χ0) is 12.0. The first-order valence-corrected chi connectivity index (χ1v) is 7.36. The van der Waals surface area contributed by atoms with Crippen LogP contribution < -0.4 is 11.1 Å². The number of nitrogens with one attached hydrogen (secondary N) is 1. The maximum atomic E-state index is 11.7. The van der Waals surface area contributed by atoms with Crippen molar-refractivity contribution in [1.29, 1.82) is 0 Å². The molecule has 1 aliphatic rings. The predicted molar refractivity (Wildman–Crippen MR) is 70.5 cm³/mol. The molecule has 0 aliphatic carbocycles. The normalized spacial score (nSPS) is 19.8. The molecule has 0 saturated carbocycles. The number of nitrogens with two attached hydrogens (primary N) is 1. The molecule has 0 radical (unpaired) electrons. The zero-order valence-electron chi connectivity index (χ0n) is 10.4. The van der Waals surface area contributed by atoms with Gasteiger partial charge < -0.3 is 11.1 Å². The van der Waals surface area contributed by atoms with Crippen LogP contribution in [0.25, 0.3) is 0 Å². The first kappa shape index (κ1) is 13.8. The van der Waals surface area contributed by atoms with Crippen molar-refractivity contribution in [3.05, 3.63) is 0 Å². The number of hydrogen-bond donors (Lipinski definition) is 2. The van der Waals surface area contributed by atoms with E-state index in [9.17, 15) is 4.79 Å². The van der Waals surface area contributed by atoms with Gasteiger partial charge in [0.05, 0.1) is 6.04 Å². The molecule has 0 aromatic heterocycles. The van der Waals surface area contributed by atoms with Crippen LogP contribution in [0.2, 0.25) is 0 Å². The molecule has 3 nitrogen and oxygen atoms in total. The fraction of sp³-hybridized carbons (Fsp3) is 0.917. The van der Waals surface area contributed by atoms with Gasteiger partial charge in [-0.2, -0.15) is 11.8 Å². The van der Waals surface area contributed by atoms with E-state index in [1.54, 1.807) is 0 Å². The molecule has 0 aromatic rings.